The van der Waals surface area contributed by atoms with E-state index in [9.17, 15) is 18.4 Å². The minimum atomic E-state index is -1.02. The maximum atomic E-state index is 13.2. The van der Waals surface area contributed by atoms with Crippen LogP contribution in [0.15, 0.2) is 30.4 Å². The van der Waals surface area contributed by atoms with E-state index in [4.69, 9.17) is 5.73 Å². The summed E-state index contributed by atoms with van der Waals surface area (Å²) in [4.78, 5) is 23.6. The number of nitrogens with two attached hydrogens (primary N) is 1. The number of allylic oxidation sites excluding steroid dienone is 1. The van der Waals surface area contributed by atoms with Crippen LogP contribution in [0, 0.1) is 17.6 Å². The zero-order valence-electron chi connectivity index (χ0n) is 14.1. The summed E-state index contributed by atoms with van der Waals surface area (Å²) in [5.74, 6) is -2.28. The average molecular weight is 350 g/mol. The van der Waals surface area contributed by atoms with E-state index in [1.807, 2.05) is 6.08 Å². The van der Waals surface area contributed by atoms with Crippen LogP contribution in [0.3, 0.4) is 0 Å². The number of rotatable bonds is 6. The number of hydrogen-bond acceptors (Lipinski definition) is 2. The van der Waals surface area contributed by atoms with Crippen molar-refractivity contribution in [3.05, 3.63) is 47.5 Å². The lowest BCUT2D eigenvalue weighted by Gasteiger charge is -2.15. The first-order chi connectivity index (χ1) is 11.9. The van der Waals surface area contributed by atoms with Crippen molar-refractivity contribution in [1.29, 1.82) is 0 Å². The van der Waals surface area contributed by atoms with Crippen LogP contribution in [0.2, 0.25) is 0 Å². The zero-order valence-corrected chi connectivity index (χ0v) is 14.1. The SMILES string of the molecule is NC(=O)[C@H](Cc1cc(F)cc(F)c1)NC(=O)/C=C/C1CCCCCC1. The summed E-state index contributed by atoms with van der Waals surface area (Å²) >= 11 is 0. The molecule has 4 nitrogen and oxygen atoms in total. The fourth-order valence-electron chi connectivity index (χ4n) is 3.13. The van der Waals surface area contributed by atoms with Crippen molar-refractivity contribution in [3.63, 3.8) is 0 Å². The molecule has 1 aliphatic carbocycles. The Morgan fingerprint density at radius 1 is 1.12 bits per heavy atom. The first-order valence-corrected chi connectivity index (χ1v) is 8.67. The molecule has 0 aromatic heterocycles. The van der Waals surface area contributed by atoms with Crippen molar-refractivity contribution in [2.75, 3.05) is 0 Å². The normalized spacial score (nSPS) is 17.2. The molecule has 0 saturated heterocycles. The molecule has 0 unspecified atom stereocenters. The van der Waals surface area contributed by atoms with E-state index < -0.39 is 29.5 Å². The molecular weight excluding hydrogens is 326 g/mol. The van der Waals surface area contributed by atoms with Gasteiger partial charge in [-0.3, -0.25) is 9.59 Å². The number of carbonyl (C=O) groups excluding carboxylic acids is 2. The van der Waals surface area contributed by atoms with Crippen molar-refractivity contribution >= 4 is 11.8 Å². The van der Waals surface area contributed by atoms with Gasteiger partial charge in [-0.25, -0.2) is 8.78 Å². The van der Waals surface area contributed by atoms with Gasteiger partial charge in [-0.2, -0.15) is 0 Å². The van der Waals surface area contributed by atoms with Crippen LogP contribution in [0.5, 0.6) is 0 Å². The Balaban J connectivity index is 1.95. The van der Waals surface area contributed by atoms with Gasteiger partial charge in [0, 0.05) is 12.5 Å². The Hall–Kier alpha value is -2.24. The Morgan fingerprint density at radius 2 is 1.72 bits per heavy atom. The van der Waals surface area contributed by atoms with Crippen LogP contribution in [0.4, 0.5) is 8.78 Å². The molecular formula is C19H24F2N2O2. The molecule has 1 aliphatic rings. The van der Waals surface area contributed by atoms with E-state index in [2.05, 4.69) is 5.32 Å². The molecule has 25 heavy (non-hydrogen) atoms. The van der Waals surface area contributed by atoms with Gasteiger partial charge in [0.2, 0.25) is 11.8 Å². The number of halogens is 2. The van der Waals surface area contributed by atoms with Crippen molar-refractivity contribution in [3.8, 4) is 0 Å². The van der Waals surface area contributed by atoms with Crippen LogP contribution in [0.1, 0.15) is 44.1 Å². The number of nitrogens with one attached hydrogen (secondary N) is 1. The van der Waals surface area contributed by atoms with Gasteiger partial charge >= 0.3 is 0 Å². The van der Waals surface area contributed by atoms with E-state index in [1.165, 1.54) is 18.9 Å². The highest BCUT2D eigenvalue weighted by molar-refractivity contribution is 5.92. The lowest BCUT2D eigenvalue weighted by Crippen LogP contribution is -2.45. The Labute approximate surface area is 146 Å². The summed E-state index contributed by atoms with van der Waals surface area (Å²) in [6.07, 6.45) is 10.1. The van der Waals surface area contributed by atoms with Gasteiger partial charge in [0.25, 0.3) is 0 Å². The average Bonchev–Trinajstić information content (AvgIpc) is 2.80. The van der Waals surface area contributed by atoms with Gasteiger partial charge in [0.1, 0.15) is 17.7 Å². The molecule has 1 atom stereocenters. The summed E-state index contributed by atoms with van der Waals surface area (Å²) in [5, 5.41) is 2.51. The second-order valence-corrected chi connectivity index (χ2v) is 6.56. The number of carbonyl (C=O) groups is 2. The van der Waals surface area contributed by atoms with Gasteiger partial charge < -0.3 is 11.1 Å². The molecule has 2 amide bonds. The van der Waals surface area contributed by atoms with Crippen molar-refractivity contribution in [1.82, 2.24) is 5.32 Å². The standard InChI is InChI=1S/C19H24F2N2O2/c20-15-9-14(10-16(21)12-15)11-17(19(22)25)23-18(24)8-7-13-5-3-1-2-4-6-13/h7-10,12-13,17H,1-6,11H2,(H2,22,25)(H,23,24)/b8-7+/t17-/m0/s1. The highest BCUT2D eigenvalue weighted by Gasteiger charge is 2.19. The first kappa shape index (κ1) is 19.1. The highest BCUT2D eigenvalue weighted by atomic mass is 19.1. The number of hydrogen-bond donors (Lipinski definition) is 2. The molecule has 0 spiro atoms. The predicted octanol–water partition coefficient (Wildman–Crippen LogP) is 3.00. The minimum absolute atomic E-state index is 0.0625. The molecule has 2 rings (SSSR count). The monoisotopic (exact) mass is 350 g/mol. The Morgan fingerprint density at radius 3 is 2.28 bits per heavy atom. The van der Waals surface area contributed by atoms with Gasteiger partial charge in [-0.1, -0.05) is 31.8 Å². The van der Waals surface area contributed by atoms with Crippen molar-refractivity contribution in [2.24, 2.45) is 11.7 Å². The predicted molar refractivity (Wildman–Crippen MR) is 91.5 cm³/mol. The number of amides is 2. The van der Waals surface area contributed by atoms with E-state index >= 15 is 0 Å². The summed E-state index contributed by atoms with van der Waals surface area (Å²) in [6.45, 7) is 0. The maximum Gasteiger partial charge on any atom is 0.244 e. The second-order valence-electron chi connectivity index (χ2n) is 6.56. The smallest absolute Gasteiger partial charge is 0.244 e. The molecule has 1 fully saturated rings. The minimum Gasteiger partial charge on any atom is -0.368 e. The van der Waals surface area contributed by atoms with Crippen molar-refractivity contribution < 1.29 is 18.4 Å². The largest absolute Gasteiger partial charge is 0.368 e. The van der Waals surface area contributed by atoms with Crippen LogP contribution in [-0.2, 0) is 16.0 Å². The molecule has 1 aromatic rings. The van der Waals surface area contributed by atoms with Crippen LogP contribution in [-0.4, -0.2) is 17.9 Å². The maximum absolute atomic E-state index is 13.2. The fraction of sp³-hybridized carbons (Fsp3) is 0.474. The van der Waals surface area contributed by atoms with E-state index in [0.29, 0.717) is 5.92 Å². The summed E-state index contributed by atoms with van der Waals surface area (Å²) in [5.41, 5.74) is 5.56. The topological polar surface area (TPSA) is 72.2 Å². The quantitative estimate of drug-likeness (QED) is 0.611. The third kappa shape index (κ3) is 6.64. The molecule has 0 bridgehead atoms. The third-order valence-corrected chi connectivity index (χ3v) is 4.44. The summed E-state index contributed by atoms with van der Waals surface area (Å²) < 4.78 is 26.5. The van der Waals surface area contributed by atoms with Gasteiger partial charge in [-0.15, -0.1) is 0 Å². The third-order valence-electron chi connectivity index (χ3n) is 4.44. The van der Waals surface area contributed by atoms with E-state index in [-0.39, 0.29) is 12.0 Å². The molecule has 1 saturated carbocycles. The first-order valence-electron chi connectivity index (χ1n) is 8.67. The highest BCUT2D eigenvalue weighted by Crippen LogP contribution is 2.23. The lowest BCUT2D eigenvalue weighted by atomic mass is 10.00. The van der Waals surface area contributed by atoms with Gasteiger partial charge in [0.05, 0.1) is 0 Å². The molecule has 6 heteroatoms. The van der Waals surface area contributed by atoms with Crippen LogP contribution in [0.25, 0.3) is 0 Å². The van der Waals surface area contributed by atoms with Gasteiger partial charge in [-0.05, 0) is 42.5 Å². The molecule has 0 aliphatic heterocycles. The van der Waals surface area contributed by atoms with E-state index in [0.717, 1.165) is 43.9 Å². The van der Waals surface area contributed by atoms with E-state index in [1.54, 1.807) is 0 Å². The molecule has 136 valence electrons. The van der Waals surface area contributed by atoms with Crippen LogP contribution >= 0.6 is 0 Å². The van der Waals surface area contributed by atoms with Crippen molar-refractivity contribution in [2.45, 2.75) is 51.0 Å². The molecule has 1 aromatic carbocycles. The van der Waals surface area contributed by atoms with Gasteiger partial charge in [0.15, 0.2) is 0 Å². The Bertz CT molecular complexity index is 618. The Kier molecular flexibility index (Phi) is 7.10. The summed E-state index contributed by atoms with van der Waals surface area (Å²) in [7, 11) is 0. The number of benzene rings is 1. The number of primary amides is 1. The summed E-state index contributed by atoms with van der Waals surface area (Å²) in [6, 6.07) is 1.96. The zero-order chi connectivity index (χ0) is 18.2. The molecule has 0 radical (unpaired) electrons. The fourth-order valence-corrected chi connectivity index (χ4v) is 3.13. The second kappa shape index (κ2) is 9.30. The lowest BCUT2D eigenvalue weighted by molar-refractivity contribution is -0.124. The van der Waals surface area contributed by atoms with Crippen LogP contribution < -0.4 is 11.1 Å². The molecule has 3 N–H and O–H groups in total. The molecule has 0 heterocycles.